The second-order valence-electron chi connectivity index (χ2n) is 3.94. The van der Waals surface area contributed by atoms with Gasteiger partial charge >= 0.3 is 6.18 Å². The third-order valence-electron chi connectivity index (χ3n) is 2.45. The van der Waals surface area contributed by atoms with E-state index in [0.717, 1.165) is 6.07 Å². The number of nitrogens with zero attached hydrogens (tertiary/aromatic N) is 2. The lowest BCUT2D eigenvalue weighted by Gasteiger charge is -2.12. The summed E-state index contributed by atoms with van der Waals surface area (Å²) in [7, 11) is 1.44. The zero-order valence-corrected chi connectivity index (χ0v) is 12.9. The van der Waals surface area contributed by atoms with E-state index in [0.29, 0.717) is 15.2 Å². The number of halogens is 5. The van der Waals surface area contributed by atoms with Gasteiger partial charge in [-0.15, -0.1) is 0 Å². The van der Waals surface area contributed by atoms with E-state index >= 15 is 0 Å². The van der Waals surface area contributed by atoms with Gasteiger partial charge in [0.25, 0.3) is 0 Å². The zero-order valence-electron chi connectivity index (χ0n) is 10.6. The first kappa shape index (κ1) is 15.8. The van der Waals surface area contributed by atoms with Crippen LogP contribution in [0.5, 0.6) is 0 Å². The second kappa shape index (κ2) is 6.07. The number of benzene rings is 1. The molecular formula is C12H9BrClF3N4. The first-order valence-electron chi connectivity index (χ1n) is 5.66. The molecule has 1 aromatic heterocycles. The molecule has 0 unspecified atom stereocenters. The van der Waals surface area contributed by atoms with Crippen LogP contribution in [0.3, 0.4) is 0 Å². The standard InChI is InChI=1S/C12H9BrClF3N4/c1-18-11-20-8(12(15,16)17)5-9(21-11)19-7-4-2-3-6(14)10(7)13/h2-5H,1H3,(H2,18,19,20,21). The molecule has 4 nitrogen and oxygen atoms in total. The molecule has 0 atom stereocenters. The van der Waals surface area contributed by atoms with E-state index in [4.69, 9.17) is 11.6 Å². The first-order chi connectivity index (χ1) is 9.81. The lowest BCUT2D eigenvalue weighted by Crippen LogP contribution is -2.12. The molecule has 1 heterocycles. The predicted molar refractivity (Wildman–Crippen MR) is 79.0 cm³/mol. The van der Waals surface area contributed by atoms with Crippen molar-refractivity contribution in [2.45, 2.75) is 6.18 Å². The van der Waals surface area contributed by atoms with Crippen molar-refractivity contribution in [1.29, 1.82) is 0 Å². The van der Waals surface area contributed by atoms with E-state index in [2.05, 4.69) is 36.5 Å². The molecule has 2 aromatic rings. The number of hydrogen-bond donors (Lipinski definition) is 2. The van der Waals surface area contributed by atoms with Crippen molar-refractivity contribution in [3.8, 4) is 0 Å². The maximum absolute atomic E-state index is 12.8. The van der Waals surface area contributed by atoms with Crippen molar-refractivity contribution in [2.24, 2.45) is 0 Å². The minimum Gasteiger partial charge on any atom is -0.357 e. The van der Waals surface area contributed by atoms with Crippen LogP contribution in [0.1, 0.15) is 5.69 Å². The van der Waals surface area contributed by atoms with Gasteiger partial charge in [0, 0.05) is 13.1 Å². The van der Waals surface area contributed by atoms with E-state index < -0.39 is 11.9 Å². The Hall–Kier alpha value is -1.54. The SMILES string of the molecule is CNc1nc(Nc2cccc(Cl)c2Br)cc(C(F)(F)F)n1. The van der Waals surface area contributed by atoms with Crippen molar-refractivity contribution in [1.82, 2.24) is 9.97 Å². The van der Waals surface area contributed by atoms with Gasteiger partial charge in [0.05, 0.1) is 15.2 Å². The average molecular weight is 382 g/mol. The fraction of sp³-hybridized carbons (Fsp3) is 0.167. The molecule has 0 aliphatic rings. The van der Waals surface area contributed by atoms with Gasteiger partial charge in [0.2, 0.25) is 5.95 Å². The minimum atomic E-state index is -4.56. The molecule has 21 heavy (non-hydrogen) atoms. The normalized spacial score (nSPS) is 11.3. The molecule has 2 N–H and O–H groups in total. The van der Waals surface area contributed by atoms with Crippen molar-refractivity contribution in [2.75, 3.05) is 17.7 Å². The Balaban J connectivity index is 2.42. The molecule has 0 fully saturated rings. The highest BCUT2D eigenvalue weighted by Crippen LogP contribution is 2.34. The molecule has 2 rings (SSSR count). The fourth-order valence-corrected chi connectivity index (χ4v) is 2.04. The molecule has 0 aliphatic carbocycles. The van der Waals surface area contributed by atoms with Gasteiger partial charge in [0.15, 0.2) is 5.69 Å². The van der Waals surface area contributed by atoms with Gasteiger partial charge in [-0.3, -0.25) is 0 Å². The number of nitrogens with one attached hydrogen (secondary N) is 2. The smallest absolute Gasteiger partial charge is 0.357 e. The van der Waals surface area contributed by atoms with E-state index in [1.807, 2.05) is 0 Å². The monoisotopic (exact) mass is 380 g/mol. The van der Waals surface area contributed by atoms with Gasteiger partial charge in [0.1, 0.15) is 5.82 Å². The molecule has 9 heteroatoms. The summed E-state index contributed by atoms with van der Waals surface area (Å²) in [5, 5.41) is 5.70. The molecule has 0 radical (unpaired) electrons. The zero-order chi connectivity index (χ0) is 15.6. The highest BCUT2D eigenvalue weighted by molar-refractivity contribution is 9.10. The topological polar surface area (TPSA) is 49.8 Å². The fourth-order valence-electron chi connectivity index (χ4n) is 1.51. The van der Waals surface area contributed by atoms with Crippen LogP contribution in [-0.2, 0) is 6.18 Å². The van der Waals surface area contributed by atoms with Gasteiger partial charge in [-0.2, -0.15) is 18.2 Å². The van der Waals surface area contributed by atoms with Crippen LogP contribution in [0.2, 0.25) is 5.02 Å². The van der Waals surface area contributed by atoms with Crippen LogP contribution in [0, 0.1) is 0 Å². The Morgan fingerprint density at radius 3 is 2.57 bits per heavy atom. The van der Waals surface area contributed by atoms with Gasteiger partial charge in [-0.05, 0) is 28.1 Å². The Morgan fingerprint density at radius 2 is 1.95 bits per heavy atom. The van der Waals surface area contributed by atoms with Gasteiger partial charge in [-0.25, -0.2) is 4.98 Å². The summed E-state index contributed by atoms with van der Waals surface area (Å²) in [5.41, 5.74) is -0.543. The summed E-state index contributed by atoms with van der Waals surface area (Å²) >= 11 is 9.19. The Morgan fingerprint density at radius 1 is 1.24 bits per heavy atom. The van der Waals surface area contributed by atoms with E-state index in [9.17, 15) is 13.2 Å². The van der Waals surface area contributed by atoms with Crippen molar-refractivity contribution >= 4 is 45.0 Å². The lowest BCUT2D eigenvalue weighted by molar-refractivity contribution is -0.141. The molecule has 0 amide bonds. The Labute approximate surface area is 131 Å². The minimum absolute atomic E-state index is 0.00430. The molecule has 1 aromatic carbocycles. The van der Waals surface area contributed by atoms with Crippen LogP contribution in [0.4, 0.5) is 30.6 Å². The summed E-state index contributed by atoms with van der Waals surface area (Å²) in [6.07, 6.45) is -4.56. The van der Waals surface area contributed by atoms with Crippen molar-refractivity contribution in [3.63, 3.8) is 0 Å². The van der Waals surface area contributed by atoms with Crippen molar-refractivity contribution < 1.29 is 13.2 Å². The van der Waals surface area contributed by atoms with Crippen LogP contribution in [-0.4, -0.2) is 17.0 Å². The Kier molecular flexibility index (Phi) is 4.58. The molecule has 112 valence electrons. The number of rotatable bonds is 3. The second-order valence-corrected chi connectivity index (χ2v) is 5.14. The van der Waals surface area contributed by atoms with Crippen LogP contribution < -0.4 is 10.6 Å². The molecule has 0 bridgehead atoms. The maximum atomic E-state index is 12.8. The summed E-state index contributed by atoms with van der Waals surface area (Å²) in [4.78, 5) is 7.31. The highest BCUT2D eigenvalue weighted by atomic mass is 79.9. The lowest BCUT2D eigenvalue weighted by atomic mass is 10.3. The summed E-state index contributed by atoms with van der Waals surface area (Å²) in [5.74, 6) is -0.130. The summed E-state index contributed by atoms with van der Waals surface area (Å²) in [6, 6.07) is 5.80. The Bertz CT molecular complexity index is 663. The van der Waals surface area contributed by atoms with E-state index in [1.54, 1.807) is 18.2 Å². The number of hydrogen-bond acceptors (Lipinski definition) is 4. The number of aromatic nitrogens is 2. The largest absolute Gasteiger partial charge is 0.433 e. The summed E-state index contributed by atoms with van der Waals surface area (Å²) < 4.78 is 38.9. The van der Waals surface area contributed by atoms with Crippen LogP contribution in [0.15, 0.2) is 28.7 Å². The maximum Gasteiger partial charge on any atom is 0.433 e. The quantitative estimate of drug-likeness (QED) is 0.809. The molecule has 0 aliphatic heterocycles. The highest BCUT2D eigenvalue weighted by Gasteiger charge is 2.33. The van der Waals surface area contributed by atoms with Gasteiger partial charge < -0.3 is 10.6 Å². The predicted octanol–water partition coefficient (Wildman–Crippen LogP) is 4.70. The number of anilines is 3. The van der Waals surface area contributed by atoms with Crippen LogP contribution >= 0.6 is 27.5 Å². The number of alkyl halides is 3. The average Bonchev–Trinajstić information content (AvgIpc) is 2.42. The van der Waals surface area contributed by atoms with E-state index in [1.165, 1.54) is 7.05 Å². The summed E-state index contributed by atoms with van der Waals surface area (Å²) in [6.45, 7) is 0. The molecule has 0 saturated carbocycles. The first-order valence-corrected chi connectivity index (χ1v) is 6.83. The molecular weight excluding hydrogens is 373 g/mol. The molecule has 0 spiro atoms. The van der Waals surface area contributed by atoms with Crippen LogP contribution in [0.25, 0.3) is 0 Å². The van der Waals surface area contributed by atoms with Gasteiger partial charge in [-0.1, -0.05) is 17.7 Å². The molecule has 0 saturated heterocycles. The van der Waals surface area contributed by atoms with E-state index in [-0.39, 0.29) is 11.8 Å². The third-order valence-corrected chi connectivity index (χ3v) is 3.85. The van der Waals surface area contributed by atoms with Crippen molar-refractivity contribution in [3.05, 3.63) is 39.5 Å². The third kappa shape index (κ3) is 3.76.